The lowest BCUT2D eigenvalue weighted by Gasteiger charge is -2.11. The molecular formula is C10H16N2. The molecule has 1 rings (SSSR count). The van der Waals surface area contributed by atoms with Crippen molar-refractivity contribution in [3.63, 3.8) is 0 Å². The van der Waals surface area contributed by atoms with Crippen molar-refractivity contribution < 1.29 is 0 Å². The lowest BCUT2D eigenvalue weighted by Crippen LogP contribution is -2.12. The fourth-order valence-corrected chi connectivity index (χ4v) is 1.16. The van der Waals surface area contributed by atoms with Gasteiger partial charge in [0.15, 0.2) is 0 Å². The highest BCUT2D eigenvalue weighted by atomic mass is 14.8. The van der Waals surface area contributed by atoms with E-state index >= 15 is 0 Å². The van der Waals surface area contributed by atoms with Crippen molar-refractivity contribution >= 4 is 0 Å². The zero-order valence-corrected chi connectivity index (χ0v) is 7.67. The minimum absolute atomic E-state index is 0.400. The van der Waals surface area contributed by atoms with Gasteiger partial charge in [0.05, 0.1) is 0 Å². The van der Waals surface area contributed by atoms with Crippen LogP contribution in [0.25, 0.3) is 0 Å². The number of nitrogens with one attached hydrogen (secondary N) is 1. The molecule has 0 aliphatic heterocycles. The molecule has 0 saturated carbocycles. The normalized spacial score (nSPS) is 12.9. The van der Waals surface area contributed by atoms with E-state index in [4.69, 9.17) is 5.73 Å². The Bertz CT molecular complexity index is 245. The van der Waals surface area contributed by atoms with Crippen LogP contribution >= 0.6 is 0 Å². The maximum absolute atomic E-state index is 5.54. The predicted molar refractivity (Wildman–Crippen MR) is 51.8 cm³/mol. The van der Waals surface area contributed by atoms with Gasteiger partial charge in [-0.3, -0.25) is 0 Å². The van der Waals surface area contributed by atoms with Crippen molar-refractivity contribution in [2.45, 2.75) is 19.5 Å². The van der Waals surface area contributed by atoms with Crippen molar-refractivity contribution in [2.75, 3.05) is 7.05 Å². The smallest absolute Gasteiger partial charge is 0.0289 e. The molecule has 0 fully saturated rings. The van der Waals surface area contributed by atoms with Crippen LogP contribution in [0.4, 0.5) is 0 Å². The molecule has 0 aliphatic carbocycles. The molecule has 0 saturated heterocycles. The molecular weight excluding hydrogens is 148 g/mol. The van der Waals surface area contributed by atoms with Gasteiger partial charge in [-0.15, -0.1) is 0 Å². The summed E-state index contributed by atoms with van der Waals surface area (Å²) in [5, 5.41) is 3.19. The Balaban J connectivity index is 2.86. The number of nitrogens with two attached hydrogens (primary N) is 1. The molecule has 0 aliphatic rings. The Labute approximate surface area is 73.8 Å². The van der Waals surface area contributed by atoms with Gasteiger partial charge < -0.3 is 11.1 Å². The first kappa shape index (κ1) is 9.23. The lowest BCUT2D eigenvalue weighted by atomic mass is 10.1. The highest BCUT2D eigenvalue weighted by Gasteiger charge is 2.01. The Morgan fingerprint density at radius 2 is 2.25 bits per heavy atom. The molecule has 2 nitrogen and oxygen atoms in total. The fourth-order valence-electron chi connectivity index (χ4n) is 1.16. The molecule has 12 heavy (non-hydrogen) atoms. The van der Waals surface area contributed by atoms with Gasteiger partial charge in [0.1, 0.15) is 0 Å². The zero-order chi connectivity index (χ0) is 8.97. The maximum atomic E-state index is 5.54. The van der Waals surface area contributed by atoms with Crippen molar-refractivity contribution in [3.8, 4) is 0 Å². The number of hydrogen-bond acceptors (Lipinski definition) is 2. The number of benzene rings is 1. The summed E-state index contributed by atoms with van der Waals surface area (Å²) in [6, 6.07) is 8.75. The third-order valence-corrected chi connectivity index (χ3v) is 2.12. The Hall–Kier alpha value is -0.860. The summed E-state index contributed by atoms with van der Waals surface area (Å²) in [6.45, 7) is 2.75. The summed E-state index contributed by atoms with van der Waals surface area (Å²) in [7, 11) is 1.96. The van der Waals surface area contributed by atoms with Crippen molar-refractivity contribution in [1.82, 2.24) is 5.32 Å². The van der Waals surface area contributed by atoms with Crippen LogP contribution in [-0.2, 0) is 6.54 Å². The molecule has 66 valence electrons. The first-order valence-corrected chi connectivity index (χ1v) is 4.24. The fraction of sp³-hybridized carbons (Fsp3) is 0.400. The number of rotatable bonds is 3. The molecule has 1 unspecified atom stereocenters. The van der Waals surface area contributed by atoms with E-state index in [0.29, 0.717) is 12.6 Å². The summed E-state index contributed by atoms with van der Waals surface area (Å²) in [5.74, 6) is 0. The maximum Gasteiger partial charge on any atom is 0.0289 e. The first-order valence-electron chi connectivity index (χ1n) is 4.24. The lowest BCUT2D eigenvalue weighted by molar-refractivity contribution is 0.651. The molecule has 0 amide bonds. The van der Waals surface area contributed by atoms with E-state index < -0.39 is 0 Å². The second kappa shape index (κ2) is 4.24. The van der Waals surface area contributed by atoms with E-state index in [1.807, 2.05) is 19.2 Å². The van der Waals surface area contributed by atoms with E-state index in [1.165, 1.54) is 11.1 Å². The van der Waals surface area contributed by atoms with Crippen molar-refractivity contribution in [2.24, 2.45) is 5.73 Å². The van der Waals surface area contributed by atoms with Crippen molar-refractivity contribution in [3.05, 3.63) is 35.4 Å². The van der Waals surface area contributed by atoms with Crippen LogP contribution in [0.5, 0.6) is 0 Å². The van der Waals surface area contributed by atoms with Gasteiger partial charge >= 0.3 is 0 Å². The van der Waals surface area contributed by atoms with Crippen molar-refractivity contribution in [1.29, 1.82) is 0 Å². The third kappa shape index (κ3) is 2.06. The minimum atomic E-state index is 0.400. The van der Waals surface area contributed by atoms with E-state index in [2.05, 4.69) is 24.4 Å². The van der Waals surface area contributed by atoms with Gasteiger partial charge in [-0.2, -0.15) is 0 Å². The Morgan fingerprint density at radius 1 is 1.50 bits per heavy atom. The van der Waals surface area contributed by atoms with Gasteiger partial charge in [0.2, 0.25) is 0 Å². The predicted octanol–water partition coefficient (Wildman–Crippen LogP) is 1.43. The molecule has 0 bridgehead atoms. The van der Waals surface area contributed by atoms with Gasteiger partial charge in [-0.25, -0.2) is 0 Å². The molecule has 3 N–H and O–H groups in total. The molecule has 1 aromatic rings. The van der Waals surface area contributed by atoms with Gasteiger partial charge in [-0.1, -0.05) is 24.3 Å². The summed E-state index contributed by atoms with van der Waals surface area (Å²) < 4.78 is 0. The van der Waals surface area contributed by atoms with Crippen LogP contribution in [0, 0.1) is 0 Å². The van der Waals surface area contributed by atoms with Crippen LogP contribution < -0.4 is 11.1 Å². The molecule has 2 heteroatoms. The second-order valence-corrected chi connectivity index (χ2v) is 2.96. The first-order chi connectivity index (χ1) is 5.77. The molecule has 0 radical (unpaired) electrons. The average Bonchev–Trinajstić information content (AvgIpc) is 2.17. The third-order valence-electron chi connectivity index (χ3n) is 2.12. The van der Waals surface area contributed by atoms with Gasteiger partial charge in [0, 0.05) is 12.6 Å². The summed E-state index contributed by atoms with van der Waals surface area (Å²) >= 11 is 0. The Kier molecular flexibility index (Phi) is 3.26. The largest absolute Gasteiger partial charge is 0.326 e. The highest BCUT2D eigenvalue weighted by Crippen LogP contribution is 2.12. The van der Waals surface area contributed by atoms with E-state index in [-0.39, 0.29) is 0 Å². The molecule has 0 spiro atoms. The van der Waals surface area contributed by atoms with Gasteiger partial charge in [-0.05, 0) is 25.1 Å². The summed E-state index contributed by atoms with van der Waals surface area (Å²) in [5.41, 5.74) is 8.02. The second-order valence-electron chi connectivity index (χ2n) is 2.96. The van der Waals surface area contributed by atoms with E-state index in [1.54, 1.807) is 0 Å². The van der Waals surface area contributed by atoms with Crippen LogP contribution in [-0.4, -0.2) is 7.05 Å². The SMILES string of the molecule is CNC(C)c1cccc(CN)c1. The van der Waals surface area contributed by atoms with Crippen LogP contribution in [0.3, 0.4) is 0 Å². The van der Waals surface area contributed by atoms with Gasteiger partial charge in [0.25, 0.3) is 0 Å². The highest BCUT2D eigenvalue weighted by molar-refractivity contribution is 5.25. The number of hydrogen-bond donors (Lipinski definition) is 2. The zero-order valence-electron chi connectivity index (χ0n) is 7.67. The molecule has 0 heterocycles. The van der Waals surface area contributed by atoms with E-state index in [0.717, 1.165) is 0 Å². The monoisotopic (exact) mass is 164 g/mol. The standard InChI is InChI=1S/C10H16N2/c1-8(12-2)10-5-3-4-9(6-10)7-11/h3-6,8,12H,7,11H2,1-2H3. The van der Waals surface area contributed by atoms with Crippen LogP contribution in [0.2, 0.25) is 0 Å². The van der Waals surface area contributed by atoms with Crippen LogP contribution in [0.15, 0.2) is 24.3 Å². The molecule has 1 atom stereocenters. The summed E-state index contributed by atoms with van der Waals surface area (Å²) in [6.07, 6.45) is 0. The summed E-state index contributed by atoms with van der Waals surface area (Å²) in [4.78, 5) is 0. The quantitative estimate of drug-likeness (QED) is 0.709. The topological polar surface area (TPSA) is 38.0 Å². The Morgan fingerprint density at radius 3 is 2.83 bits per heavy atom. The molecule has 0 aromatic heterocycles. The average molecular weight is 164 g/mol. The van der Waals surface area contributed by atoms with Crippen LogP contribution in [0.1, 0.15) is 24.1 Å². The van der Waals surface area contributed by atoms with E-state index in [9.17, 15) is 0 Å². The minimum Gasteiger partial charge on any atom is -0.326 e. The molecule has 1 aromatic carbocycles.